The highest BCUT2D eigenvalue weighted by molar-refractivity contribution is 5.94. The van der Waals surface area contributed by atoms with E-state index in [9.17, 15) is 18.4 Å². The normalized spacial score (nSPS) is 14.8. The molecule has 1 atom stereocenters. The maximum Gasteiger partial charge on any atom is 0.317 e. The van der Waals surface area contributed by atoms with Gasteiger partial charge in [0.25, 0.3) is 5.91 Å². The zero-order valence-electron chi connectivity index (χ0n) is 14.0. The molecular weight excluding hydrogens is 340 g/mol. The third-order valence-corrected chi connectivity index (χ3v) is 4.28. The summed E-state index contributed by atoms with van der Waals surface area (Å²) in [4.78, 5) is 25.9. The van der Waals surface area contributed by atoms with Gasteiger partial charge in [0.05, 0.1) is 6.04 Å². The second-order valence-electron chi connectivity index (χ2n) is 6.13. The Hall–Kier alpha value is -2.96. The maximum atomic E-state index is 13.4. The Labute approximate surface area is 150 Å². The first-order chi connectivity index (χ1) is 12.5. The maximum absolute atomic E-state index is 13.4. The predicted molar refractivity (Wildman–Crippen MR) is 92.7 cm³/mol. The number of nitrogens with one attached hydrogen (secondary N) is 2. The Morgan fingerprint density at radius 3 is 2.54 bits per heavy atom. The molecule has 5 nitrogen and oxygen atoms in total. The van der Waals surface area contributed by atoms with Gasteiger partial charge in [-0.3, -0.25) is 4.79 Å². The van der Waals surface area contributed by atoms with Crippen LogP contribution < -0.4 is 10.6 Å². The summed E-state index contributed by atoms with van der Waals surface area (Å²) >= 11 is 0. The number of hydrogen-bond donors (Lipinski definition) is 2. The summed E-state index contributed by atoms with van der Waals surface area (Å²) in [5.41, 5.74) is 0.940. The molecule has 2 N–H and O–H groups in total. The number of nitrogens with zero attached hydrogens (tertiary/aromatic N) is 1. The Morgan fingerprint density at radius 2 is 1.88 bits per heavy atom. The largest absolute Gasteiger partial charge is 0.350 e. The number of carbonyl (C=O) groups is 2. The SMILES string of the molecule is O=C(NC[C@@H](Cc1cccc(F)c1)N1CCNC1=O)c1cccc(F)c1. The molecule has 0 spiro atoms. The van der Waals surface area contributed by atoms with Gasteiger partial charge in [0.1, 0.15) is 11.6 Å². The molecule has 1 fully saturated rings. The van der Waals surface area contributed by atoms with Gasteiger partial charge in [-0.25, -0.2) is 13.6 Å². The van der Waals surface area contributed by atoms with E-state index in [4.69, 9.17) is 0 Å². The summed E-state index contributed by atoms with van der Waals surface area (Å²) in [6.07, 6.45) is 0.397. The van der Waals surface area contributed by atoms with Crippen LogP contribution >= 0.6 is 0 Å². The summed E-state index contributed by atoms with van der Waals surface area (Å²) in [6, 6.07) is 11.0. The van der Waals surface area contributed by atoms with Crippen LogP contribution in [0.1, 0.15) is 15.9 Å². The molecule has 7 heteroatoms. The molecule has 3 amide bonds. The minimum Gasteiger partial charge on any atom is -0.350 e. The fourth-order valence-electron chi connectivity index (χ4n) is 3.01. The molecule has 0 bridgehead atoms. The number of benzene rings is 2. The van der Waals surface area contributed by atoms with Crippen LogP contribution in [-0.2, 0) is 6.42 Å². The van der Waals surface area contributed by atoms with E-state index < -0.39 is 11.7 Å². The second kappa shape index (κ2) is 7.95. The Kier molecular flexibility index (Phi) is 5.46. The molecule has 1 heterocycles. The van der Waals surface area contributed by atoms with Crippen molar-refractivity contribution in [1.82, 2.24) is 15.5 Å². The van der Waals surface area contributed by atoms with Crippen molar-refractivity contribution >= 4 is 11.9 Å². The third-order valence-electron chi connectivity index (χ3n) is 4.28. The summed E-state index contributed by atoms with van der Waals surface area (Å²) in [7, 11) is 0. The molecular formula is C19H19F2N3O2. The van der Waals surface area contributed by atoms with Gasteiger partial charge >= 0.3 is 6.03 Å². The van der Waals surface area contributed by atoms with Crippen molar-refractivity contribution in [3.05, 3.63) is 71.3 Å². The second-order valence-corrected chi connectivity index (χ2v) is 6.13. The van der Waals surface area contributed by atoms with Gasteiger partial charge in [-0.15, -0.1) is 0 Å². The van der Waals surface area contributed by atoms with Crippen molar-refractivity contribution in [2.45, 2.75) is 12.5 Å². The van der Waals surface area contributed by atoms with Crippen LogP contribution in [0.5, 0.6) is 0 Å². The number of halogens is 2. The number of rotatable bonds is 6. The minimum atomic E-state index is -0.493. The van der Waals surface area contributed by atoms with E-state index in [1.807, 2.05) is 0 Å². The molecule has 0 unspecified atom stereocenters. The highest BCUT2D eigenvalue weighted by Crippen LogP contribution is 2.13. The number of hydrogen-bond acceptors (Lipinski definition) is 2. The molecule has 0 radical (unpaired) electrons. The molecule has 0 aromatic heterocycles. The van der Waals surface area contributed by atoms with E-state index in [-0.39, 0.29) is 30.0 Å². The molecule has 1 saturated heterocycles. The van der Waals surface area contributed by atoms with E-state index >= 15 is 0 Å². The lowest BCUT2D eigenvalue weighted by molar-refractivity contribution is 0.0939. The van der Waals surface area contributed by atoms with Crippen LogP contribution in [0.25, 0.3) is 0 Å². The van der Waals surface area contributed by atoms with Crippen molar-refractivity contribution in [3.8, 4) is 0 Å². The molecule has 26 heavy (non-hydrogen) atoms. The highest BCUT2D eigenvalue weighted by atomic mass is 19.1. The first-order valence-electron chi connectivity index (χ1n) is 8.35. The first-order valence-corrected chi connectivity index (χ1v) is 8.35. The van der Waals surface area contributed by atoms with Crippen molar-refractivity contribution in [3.63, 3.8) is 0 Å². The topological polar surface area (TPSA) is 61.4 Å². The molecule has 0 saturated carbocycles. The Balaban J connectivity index is 1.71. The molecule has 3 rings (SSSR count). The summed E-state index contributed by atoms with van der Waals surface area (Å²) in [6.45, 7) is 1.21. The van der Waals surface area contributed by atoms with Crippen LogP contribution in [0.4, 0.5) is 13.6 Å². The van der Waals surface area contributed by atoms with Gasteiger partial charge in [0.2, 0.25) is 0 Å². The Bertz CT molecular complexity index is 813. The molecule has 2 aromatic carbocycles. The van der Waals surface area contributed by atoms with Gasteiger partial charge in [-0.2, -0.15) is 0 Å². The fraction of sp³-hybridized carbons (Fsp3) is 0.263. The lowest BCUT2D eigenvalue weighted by atomic mass is 10.0. The van der Waals surface area contributed by atoms with E-state index in [1.165, 1.54) is 30.3 Å². The molecule has 1 aliphatic rings. The average Bonchev–Trinajstić information content (AvgIpc) is 3.04. The summed E-state index contributed by atoms with van der Waals surface area (Å²) < 4.78 is 26.7. The third kappa shape index (κ3) is 4.36. The molecule has 1 aliphatic heterocycles. The predicted octanol–water partition coefficient (Wildman–Crippen LogP) is 2.33. The molecule has 136 valence electrons. The lowest BCUT2D eigenvalue weighted by Crippen LogP contribution is -2.46. The van der Waals surface area contributed by atoms with E-state index in [0.29, 0.717) is 19.5 Å². The Morgan fingerprint density at radius 1 is 1.15 bits per heavy atom. The van der Waals surface area contributed by atoms with Crippen LogP contribution in [0.2, 0.25) is 0 Å². The zero-order valence-corrected chi connectivity index (χ0v) is 14.0. The zero-order chi connectivity index (χ0) is 18.5. The van der Waals surface area contributed by atoms with Gasteiger partial charge in [-0.1, -0.05) is 18.2 Å². The van der Waals surface area contributed by atoms with Crippen LogP contribution in [0.15, 0.2) is 48.5 Å². The highest BCUT2D eigenvalue weighted by Gasteiger charge is 2.28. The summed E-state index contributed by atoms with van der Waals surface area (Å²) in [5, 5.41) is 5.46. The van der Waals surface area contributed by atoms with E-state index in [1.54, 1.807) is 17.0 Å². The van der Waals surface area contributed by atoms with Crippen LogP contribution in [0.3, 0.4) is 0 Å². The smallest absolute Gasteiger partial charge is 0.317 e. The van der Waals surface area contributed by atoms with E-state index in [0.717, 1.165) is 11.6 Å². The summed E-state index contributed by atoms with van der Waals surface area (Å²) in [5.74, 6) is -1.27. The van der Waals surface area contributed by atoms with Gasteiger partial charge in [0, 0.05) is 25.2 Å². The van der Waals surface area contributed by atoms with Gasteiger partial charge in [0.15, 0.2) is 0 Å². The average molecular weight is 359 g/mol. The van der Waals surface area contributed by atoms with Crippen LogP contribution in [0, 0.1) is 11.6 Å². The first kappa shape index (κ1) is 17.8. The minimum absolute atomic E-state index is 0.180. The van der Waals surface area contributed by atoms with Crippen molar-refractivity contribution in [2.24, 2.45) is 0 Å². The van der Waals surface area contributed by atoms with Crippen molar-refractivity contribution in [1.29, 1.82) is 0 Å². The van der Waals surface area contributed by atoms with E-state index in [2.05, 4.69) is 10.6 Å². The molecule has 0 aliphatic carbocycles. The number of urea groups is 1. The number of carbonyl (C=O) groups excluding carboxylic acids is 2. The standard InChI is InChI=1S/C19H19F2N3O2/c20-15-5-1-3-13(9-15)10-17(24-8-7-22-19(24)26)12-23-18(25)14-4-2-6-16(21)11-14/h1-6,9,11,17H,7-8,10,12H2,(H,22,26)(H,23,25)/t17-/m1/s1. The number of amides is 3. The van der Waals surface area contributed by atoms with Crippen LogP contribution in [-0.4, -0.2) is 42.5 Å². The van der Waals surface area contributed by atoms with Gasteiger partial charge < -0.3 is 15.5 Å². The molecule has 2 aromatic rings. The fourth-order valence-corrected chi connectivity index (χ4v) is 3.01. The van der Waals surface area contributed by atoms with Crippen molar-refractivity contribution < 1.29 is 18.4 Å². The monoisotopic (exact) mass is 359 g/mol. The lowest BCUT2D eigenvalue weighted by Gasteiger charge is -2.27. The van der Waals surface area contributed by atoms with Crippen molar-refractivity contribution in [2.75, 3.05) is 19.6 Å². The quantitative estimate of drug-likeness (QED) is 0.832. The van der Waals surface area contributed by atoms with Gasteiger partial charge in [-0.05, 0) is 42.3 Å².